The van der Waals surface area contributed by atoms with E-state index in [1.165, 1.54) is 0 Å². The maximum absolute atomic E-state index is 11.9. The highest BCUT2D eigenvalue weighted by Crippen LogP contribution is 2.27. The van der Waals surface area contributed by atoms with Gasteiger partial charge in [-0.15, -0.1) is 0 Å². The van der Waals surface area contributed by atoms with Crippen LogP contribution in [0.25, 0.3) is 0 Å². The molecule has 2 rings (SSSR count). The van der Waals surface area contributed by atoms with Gasteiger partial charge >= 0.3 is 0 Å². The number of nitrogens with zero attached hydrogens (tertiary/aromatic N) is 1. The summed E-state index contributed by atoms with van der Waals surface area (Å²) >= 11 is 11.8. The highest BCUT2D eigenvalue weighted by molar-refractivity contribution is 6.35. The van der Waals surface area contributed by atoms with E-state index in [2.05, 4.69) is 0 Å². The zero-order valence-electron chi connectivity index (χ0n) is 10.6. The van der Waals surface area contributed by atoms with Crippen LogP contribution in [0, 0.1) is 0 Å². The van der Waals surface area contributed by atoms with Gasteiger partial charge in [-0.1, -0.05) is 23.2 Å². The van der Waals surface area contributed by atoms with Gasteiger partial charge in [0.1, 0.15) is 5.75 Å². The van der Waals surface area contributed by atoms with E-state index in [9.17, 15) is 4.79 Å². The summed E-state index contributed by atoms with van der Waals surface area (Å²) in [6.45, 7) is 1.29. The number of rotatable bonds is 4. The smallest absolute Gasteiger partial charge is 0.260 e. The van der Waals surface area contributed by atoms with E-state index >= 15 is 0 Å². The maximum atomic E-state index is 11.9. The van der Waals surface area contributed by atoms with Crippen LogP contribution in [0.2, 0.25) is 10.0 Å². The fraction of sp³-hybridized carbons (Fsp3) is 0.462. The van der Waals surface area contributed by atoms with E-state index in [0.717, 1.165) is 6.42 Å². The number of amides is 1. The van der Waals surface area contributed by atoms with E-state index in [0.29, 0.717) is 28.9 Å². The summed E-state index contributed by atoms with van der Waals surface area (Å²) in [5.41, 5.74) is 0. The van der Waals surface area contributed by atoms with Gasteiger partial charge in [0.2, 0.25) is 0 Å². The molecule has 1 aromatic carbocycles. The van der Waals surface area contributed by atoms with Crippen molar-refractivity contribution in [3.05, 3.63) is 28.2 Å². The number of likely N-dealkylation sites (tertiary alicyclic amines) is 1. The Morgan fingerprint density at radius 2 is 2.26 bits per heavy atom. The van der Waals surface area contributed by atoms with E-state index in [1.54, 1.807) is 30.2 Å². The molecule has 1 unspecified atom stereocenters. The van der Waals surface area contributed by atoms with Crippen LogP contribution in [0.1, 0.15) is 6.42 Å². The molecule has 1 atom stereocenters. The van der Waals surface area contributed by atoms with Crippen molar-refractivity contribution in [1.29, 1.82) is 0 Å². The minimum absolute atomic E-state index is 0.0300. The van der Waals surface area contributed by atoms with Crippen molar-refractivity contribution in [3.63, 3.8) is 0 Å². The zero-order valence-corrected chi connectivity index (χ0v) is 12.1. The van der Waals surface area contributed by atoms with Crippen LogP contribution in [0.3, 0.4) is 0 Å². The molecule has 19 heavy (non-hydrogen) atoms. The summed E-state index contributed by atoms with van der Waals surface area (Å²) in [5, 5.41) is 0.933. The molecule has 104 valence electrons. The zero-order chi connectivity index (χ0) is 13.8. The Morgan fingerprint density at radius 1 is 1.47 bits per heavy atom. The van der Waals surface area contributed by atoms with E-state index in [1.807, 2.05) is 0 Å². The number of hydrogen-bond donors (Lipinski definition) is 0. The van der Waals surface area contributed by atoms with Crippen molar-refractivity contribution in [1.82, 2.24) is 4.90 Å². The molecular weight excluding hydrogens is 289 g/mol. The number of halogens is 2. The van der Waals surface area contributed by atoms with Gasteiger partial charge in [0.05, 0.1) is 11.1 Å². The predicted molar refractivity (Wildman–Crippen MR) is 74.0 cm³/mol. The Hall–Kier alpha value is -0.970. The summed E-state index contributed by atoms with van der Waals surface area (Å²) in [6.07, 6.45) is 0.993. The molecule has 1 amide bonds. The van der Waals surface area contributed by atoms with Gasteiger partial charge in [-0.3, -0.25) is 4.79 Å². The maximum Gasteiger partial charge on any atom is 0.260 e. The van der Waals surface area contributed by atoms with Crippen molar-refractivity contribution in [3.8, 4) is 5.75 Å². The van der Waals surface area contributed by atoms with Gasteiger partial charge < -0.3 is 14.4 Å². The van der Waals surface area contributed by atoms with Crippen molar-refractivity contribution < 1.29 is 14.3 Å². The first-order valence-electron chi connectivity index (χ1n) is 5.98. The lowest BCUT2D eigenvalue weighted by Crippen LogP contribution is -2.33. The molecular formula is C13H15Cl2NO3. The number of benzene rings is 1. The minimum Gasteiger partial charge on any atom is -0.482 e. The van der Waals surface area contributed by atoms with Crippen LogP contribution < -0.4 is 4.74 Å². The fourth-order valence-corrected chi connectivity index (χ4v) is 2.43. The molecule has 0 radical (unpaired) electrons. The molecule has 0 aromatic heterocycles. The van der Waals surface area contributed by atoms with E-state index in [-0.39, 0.29) is 18.6 Å². The molecule has 1 fully saturated rings. The molecule has 4 nitrogen and oxygen atoms in total. The van der Waals surface area contributed by atoms with E-state index < -0.39 is 0 Å². The first-order chi connectivity index (χ1) is 9.10. The average molecular weight is 304 g/mol. The van der Waals surface area contributed by atoms with Crippen LogP contribution in [-0.4, -0.2) is 43.7 Å². The molecule has 1 heterocycles. The quantitative estimate of drug-likeness (QED) is 0.858. The highest BCUT2D eigenvalue weighted by Gasteiger charge is 2.26. The Morgan fingerprint density at radius 3 is 2.89 bits per heavy atom. The molecule has 6 heteroatoms. The number of methoxy groups -OCH3 is 1. The van der Waals surface area contributed by atoms with Crippen LogP contribution >= 0.6 is 23.2 Å². The van der Waals surface area contributed by atoms with Crippen LogP contribution in [0.15, 0.2) is 18.2 Å². The number of carbonyl (C=O) groups is 1. The molecule has 0 N–H and O–H groups in total. The Balaban J connectivity index is 1.87. The van der Waals surface area contributed by atoms with Crippen LogP contribution in [0.5, 0.6) is 5.75 Å². The van der Waals surface area contributed by atoms with Crippen molar-refractivity contribution in [2.75, 3.05) is 26.8 Å². The van der Waals surface area contributed by atoms with Gasteiger partial charge in [0.25, 0.3) is 5.91 Å². The lowest BCUT2D eigenvalue weighted by Gasteiger charge is -2.16. The summed E-state index contributed by atoms with van der Waals surface area (Å²) in [7, 11) is 1.66. The molecule has 1 aromatic rings. The lowest BCUT2D eigenvalue weighted by atomic mass is 10.3. The number of ether oxygens (including phenoxy) is 2. The monoisotopic (exact) mass is 303 g/mol. The molecule has 1 saturated heterocycles. The third-order valence-corrected chi connectivity index (χ3v) is 3.61. The van der Waals surface area contributed by atoms with Gasteiger partial charge in [-0.05, 0) is 24.6 Å². The van der Waals surface area contributed by atoms with Gasteiger partial charge in [-0.2, -0.15) is 0 Å². The van der Waals surface area contributed by atoms with Gasteiger partial charge in [0, 0.05) is 25.2 Å². The summed E-state index contributed by atoms with van der Waals surface area (Å²) < 4.78 is 10.6. The second-order valence-electron chi connectivity index (χ2n) is 4.35. The Labute approximate surface area is 122 Å². The van der Waals surface area contributed by atoms with Crippen molar-refractivity contribution >= 4 is 29.1 Å². The summed E-state index contributed by atoms with van der Waals surface area (Å²) in [5.74, 6) is 0.396. The fourth-order valence-electron chi connectivity index (χ4n) is 1.97. The van der Waals surface area contributed by atoms with E-state index in [4.69, 9.17) is 32.7 Å². The van der Waals surface area contributed by atoms with Gasteiger partial charge in [-0.25, -0.2) is 0 Å². The summed E-state index contributed by atoms with van der Waals surface area (Å²) in [4.78, 5) is 13.7. The average Bonchev–Trinajstić information content (AvgIpc) is 2.86. The molecule has 1 aliphatic rings. The first kappa shape index (κ1) is 14.4. The number of carbonyl (C=O) groups excluding carboxylic acids is 1. The molecule has 0 aliphatic carbocycles. The SMILES string of the molecule is COC1CCN(C(=O)COc2ccc(Cl)cc2Cl)C1. The predicted octanol–water partition coefficient (Wildman–Crippen LogP) is 2.62. The Kier molecular flexibility index (Phi) is 4.91. The highest BCUT2D eigenvalue weighted by atomic mass is 35.5. The largest absolute Gasteiger partial charge is 0.482 e. The standard InChI is InChI=1S/C13H15Cl2NO3/c1-18-10-4-5-16(7-10)13(17)8-19-12-3-2-9(14)6-11(12)15/h2-3,6,10H,4-5,7-8H2,1H3. The second-order valence-corrected chi connectivity index (χ2v) is 5.19. The second kappa shape index (κ2) is 6.46. The first-order valence-corrected chi connectivity index (χ1v) is 6.74. The lowest BCUT2D eigenvalue weighted by molar-refractivity contribution is -0.132. The molecule has 0 bridgehead atoms. The summed E-state index contributed by atoms with van der Waals surface area (Å²) in [6, 6.07) is 4.91. The topological polar surface area (TPSA) is 38.8 Å². The molecule has 0 spiro atoms. The van der Waals surface area contributed by atoms with Crippen molar-refractivity contribution in [2.45, 2.75) is 12.5 Å². The third-order valence-electron chi connectivity index (χ3n) is 3.08. The third kappa shape index (κ3) is 3.75. The number of hydrogen-bond acceptors (Lipinski definition) is 3. The van der Waals surface area contributed by atoms with Crippen molar-refractivity contribution in [2.24, 2.45) is 0 Å². The van der Waals surface area contributed by atoms with Crippen LogP contribution in [0.4, 0.5) is 0 Å². The molecule has 1 aliphatic heterocycles. The minimum atomic E-state index is -0.0643. The normalized spacial score (nSPS) is 18.7. The van der Waals surface area contributed by atoms with Gasteiger partial charge in [0.15, 0.2) is 6.61 Å². The van der Waals surface area contributed by atoms with Crippen LogP contribution in [-0.2, 0) is 9.53 Å². The Bertz CT molecular complexity index is 467. The molecule has 0 saturated carbocycles.